The van der Waals surface area contributed by atoms with Gasteiger partial charge in [-0.05, 0) is 31.6 Å². The van der Waals surface area contributed by atoms with Gasteiger partial charge in [0.05, 0.1) is 0 Å². The lowest BCUT2D eigenvalue weighted by Gasteiger charge is -2.02. The highest BCUT2D eigenvalue weighted by atomic mass is 16.4. The number of aliphatic carboxylic acids is 1. The lowest BCUT2D eigenvalue weighted by molar-refractivity contribution is -0.131. The van der Waals surface area contributed by atoms with E-state index < -0.39 is 5.97 Å². The standard InChI is InChI=1S/C11H20O2.C10H20/c1-10(2)8-6-4-3-5-7-9-11(12)13;1-3-5-7-9-10-8-6-4-2/h7,9-10H,3-6,8H2,1-2H3,(H,12,13);3H,1,4-10H2,2H3. The predicted octanol–water partition coefficient (Wildman–Crippen LogP) is 7.16. The summed E-state index contributed by atoms with van der Waals surface area (Å²) in [6.07, 6.45) is 20.3. The van der Waals surface area contributed by atoms with Crippen LogP contribution in [-0.2, 0) is 4.79 Å². The Labute approximate surface area is 145 Å². The molecule has 0 aliphatic rings. The minimum Gasteiger partial charge on any atom is -0.478 e. The van der Waals surface area contributed by atoms with Gasteiger partial charge in [-0.25, -0.2) is 4.79 Å². The van der Waals surface area contributed by atoms with Crippen molar-refractivity contribution >= 4 is 5.97 Å². The van der Waals surface area contributed by atoms with Crippen molar-refractivity contribution in [3.8, 4) is 0 Å². The molecule has 0 aromatic rings. The quantitative estimate of drug-likeness (QED) is 0.209. The Balaban J connectivity index is 0. The molecule has 0 aromatic carbocycles. The van der Waals surface area contributed by atoms with Gasteiger partial charge in [0.1, 0.15) is 0 Å². The van der Waals surface area contributed by atoms with Gasteiger partial charge in [-0.2, -0.15) is 0 Å². The van der Waals surface area contributed by atoms with E-state index in [1.165, 1.54) is 70.3 Å². The molecule has 0 aromatic heterocycles. The zero-order chi connectivity index (χ0) is 17.8. The van der Waals surface area contributed by atoms with Crippen LogP contribution in [0.1, 0.15) is 97.8 Å². The summed E-state index contributed by atoms with van der Waals surface area (Å²) in [6.45, 7) is 10.4. The predicted molar refractivity (Wildman–Crippen MR) is 103 cm³/mol. The summed E-state index contributed by atoms with van der Waals surface area (Å²) >= 11 is 0. The number of carbonyl (C=O) groups is 1. The third-order valence-electron chi connectivity index (χ3n) is 3.67. The topological polar surface area (TPSA) is 37.3 Å². The summed E-state index contributed by atoms with van der Waals surface area (Å²) in [5, 5.41) is 8.30. The van der Waals surface area contributed by atoms with E-state index in [0.717, 1.165) is 18.8 Å². The first-order valence-electron chi connectivity index (χ1n) is 9.54. The van der Waals surface area contributed by atoms with Crippen LogP contribution in [-0.4, -0.2) is 11.1 Å². The second-order valence-electron chi connectivity index (χ2n) is 6.62. The lowest BCUT2D eigenvalue weighted by Crippen LogP contribution is -1.87. The number of allylic oxidation sites excluding steroid dienone is 2. The Morgan fingerprint density at radius 3 is 2.09 bits per heavy atom. The molecule has 0 aliphatic heterocycles. The van der Waals surface area contributed by atoms with Gasteiger partial charge in [0, 0.05) is 6.08 Å². The molecule has 23 heavy (non-hydrogen) atoms. The average molecular weight is 325 g/mol. The molecular weight excluding hydrogens is 284 g/mol. The molecule has 0 saturated carbocycles. The van der Waals surface area contributed by atoms with Crippen LogP contribution in [0.5, 0.6) is 0 Å². The normalized spacial score (nSPS) is 10.6. The number of unbranched alkanes of at least 4 members (excludes halogenated alkanes) is 9. The molecule has 0 spiro atoms. The van der Waals surface area contributed by atoms with E-state index in [2.05, 4.69) is 27.4 Å². The summed E-state index contributed by atoms with van der Waals surface area (Å²) in [7, 11) is 0. The Morgan fingerprint density at radius 1 is 0.957 bits per heavy atom. The molecule has 0 saturated heterocycles. The van der Waals surface area contributed by atoms with Crippen molar-refractivity contribution in [3.05, 3.63) is 24.8 Å². The zero-order valence-corrected chi connectivity index (χ0v) is 15.9. The van der Waals surface area contributed by atoms with Crippen LogP contribution in [0.25, 0.3) is 0 Å². The number of carboxylic acid groups (broad SMARTS) is 1. The van der Waals surface area contributed by atoms with Crippen LogP contribution in [0.4, 0.5) is 0 Å². The minimum absolute atomic E-state index is 0.787. The van der Waals surface area contributed by atoms with E-state index in [-0.39, 0.29) is 0 Å². The van der Waals surface area contributed by atoms with Crippen molar-refractivity contribution in [2.75, 3.05) is 0 Å². The van der Waals surface area contributed by atoms with Gasteiger partial charge in [-0.1, -0.05) is 84.3 Å². The molecule has 2 heteroatoms. The summed E-state index contributed by atoms with van der Waals surface area (Å²) in [6, 6.07) is 0. The van der Waals surface area contributed by atoms with E-state index in [1.807, 2.05) is 6.08 Å². The van der Waals surface area contributed by atoms with Gasteiger partial charge in [0.25, 0.3) is 0 Å². The molecule has 0 bridgehead atoms. The number of carboxylic acids is 1. The van der Waals surface area contributed by atoms with Crippen LogP contribution in [0.2, 0.25) is 0 Å². The molecule has 0 amide bonds. The second kappa shape index (κ2) is 20.9. The van der Waals surface area contributed by atoms with Crippen molar-refractivity contribution in [2.45, 2.75) is 97.8 Å². The van der Waals surface area contributed by atoms with Crippen LogP contribution < -0.4 is 0 Å². The SMILES string of the molecule is C=CCCCCCCCC.CC(C)CCCCCC=CC(=O)O. The summed E-state index contributed by atoms with van der Waals surface area (Å²) in [5.74, 6) is -0.0586. The summed E-state index contributed by atoms with van der Waals surface area (Å²) in [5.41, 5.74) is 0. The Hall–Kier alpha value is -1.05. The van der Waals surface area contributed by atoms with E-state index in [4.69, 9.17) is 5.11 Å². The van der Waals surface area contributed by atoms with Gasteiger partial charge in [-0.15, -0.1) is 6.58 Å². The van der Waals surface area contributed by atoms with Crippen molar-refractivity contribution in [2.24, 2.45) is 5.92 Å². The molecule has 0 fully saturated rings. The summed E-state index contributed by atoms with van der Waals surface area (Å²) < 4.78 is 0. The Morgan fingerprint density at radius 2 is 1.52 bits per heavy atom. The van der Waals surface area contributed by atoms with Crippen LogP contribution in [0.3, 0.4) is 0 Å². The smallest absolute Gasteiger partial charge is 0.327 e. The summed E-state index contributed by atoms with van der Waals surface area (Å²) in [4.78, 5) is 10.1. The molecule has 2 nitrogen and oxygen atoms in total. The third-order valence-corrected chi connectivity index (χ3v) is 3.67. The molecule has 0 atom stereocenters. The molecule has 0 radical (unpaired) electrons. The first-order chi connectivity index (χ1) is 11.0. The van der Waals surface area contributed by atoms with Crippen LogP contribution in [0, 0.1) is 5.92 Å². The van der Waals surface area contributed by atoms with Crippen molar-refractivity contribution in [1.82, 2.24) is 0 Å². The second-order valence-corrected chi connectivity index (χ2v) is 6.62. The maximum Gasteiger partial charge on any atom is 0.327 e. The van der Waals surface area contributed by atoms with Gasteiger partial charge in [-0.3, -0.25) is 0 Å². The van der Waals surface area contributed by atoms with Crippen molar-refractivity contribution in [3.63, 3.8) is 0 Å². The zero-order valence-electron chi connectivity index (χ0n) is 15.9. The van der Waals surface area contributed by atoms with E-state index in [9.17, 15) is 4.79 Å². The van der Waals surface area contributed by atoms with Gasteiger partial charge in [0.15, 0.2) is 0 Å². The minimum atomic E-state index is -0.845. The van der Waals surface area contributed by atoms with Crippen LogP contribution in [0.15, 0.2) is 24.8 Å². The molecule has 0 unspecified atom stereocenters. The molecule has 0 heterocycles. The fourth-order valence-corrected chi connectivity index (χ4v) is 2.24. The highest BCUT2D eigenvalue weighted by molar-refractivity contribution is 5.79. The molecular formula is C21H40O2. The number of hydrogen-bond donors (Lipinski definition) is 1. The average Bonchev–Trinajstić information content (AvgIpc) is 2.50. The maximum atomic E-state index is 10.1. The first-order valence-corrected chi connectivity index (χ1v) is 9.54. The van der Waals surface area contributed by atoms with Crippen molar-refractivity contribution < 1.29 is 9.90 Å². The molecule has 136 valence electrons. The lowest BCUT2D eigenvalue weighted by atomic mass is 10.0. The fourth-order valence-electron chi connectivity index (χ4n) is 2.24. The van der Waals surface area contributed by atoms with Gasteiger partial charge in [0.2, 0.25) is 0 Å². The largest absolute Gasteiger partial charge is 0.478 e. The molecule has 0 rings (SSSR count). The number of rotatable bonds is 14. The van der Waals surface area contributed by atoms with Gasteiger partial charge < -0.3 is 5.11 Å². The van der Waals surface area contributed by atoms with Crippen molar-refractivity contribution in [1.29, 1.82) is 0 Å². The van der Waals surface area contributed by atoms with E-state index >= 15 is 0 Å². The van der Waals surface area contributed by atoms with Crippen LogP contribution >= 0.6 is 0 Å². The fraction of sp³-hybridized carbons (Fsp3) is 0.762. The molecule has 0 aliphatic carbocycles. The Kier molecular flexibility index (Phi) is 22.0. The van der Waals surface area contributed by atoms with E-state index in [0.29, 0.717) is 0 Å². The highest BCUT2D eigenvalue weighted by Gasteiger charge is 1.93. The third kappa shape index (κ3) is 29.6. The Bertz CT molecular complexity index is 280. The highest BCUT2D eigenvalue weighted by Crippen LogP contribution is 2.09. The molecule has 1 N–H and O–H groups in total. The van der Waals surface area contributed by atoms with E-state index in [1.54, 1.807) is 6.08 Å². The monoisotopic (exact) mass is 324 g/mol. The maximum absolute atomic E-state index is 10.1. The number of hydrogen-bond acceptors (Lipinski definition) is 1. The van der Waals surface area contributed by atoms with Gasteiger partial charge >= 0.3 is 5.97 Å². The first kappa shape index (κ1) is 24.2.